The maximum Gasteiger partial charge on any atom is 0 e. The van der Waals surface area contributed by atoms with Crippen LogP contribution < -0.4 is 0 Å². The summed E-state index contributed by atoms with van der Waals surface area (Å²) in [7, 11) is 0. The quantitative estimate of drug-likeness (QED) is 0.447. The Morgan fingerprint density at radius 3 is 1.41 bits per heavy atom. The molecule has 0 aliphatic heterocycles. The first-order valence-corrected chi connectivity index (χ1v) is 13.1. The summed E-state index contributed by atoms with van der Waals surface area (Å²) in [5.74, 6) is 4.48. The molecule has 4 fully saturated rings. The van der Waals surface area contributed by atoms with Crippen molar-refractivity contribution in [2.24, 2.45) is 29.1 Å². The van der Waals surface area contributed by atoms with Crippen molar-refractivity contribution in [3.63, 3.8) is 0 Å². The number of hydrogen-bond acceptors (Lipinski definition) is 0. The smallest absolute Gasteiger partial charge is 0 e. The number of fused-ring (bicyclic) bond motifs is 3. The Morgan fingerprint density at radius 2 is 1.11 bits per heavy atom. The highest BCUT2D eigenvalue weighted by Crippen LogP contribution is 2.62. The minimum atomic E-state index is 0. The molecule has 4 saturated carbocycles. The summed E-state index contributed by atoms with van der Waals surface area (Å²) >= 11 is 0. The van der Waals surface area contributed by atoms with E-state index in [0.29, 0.717) is 0 Å². The summed E-state index contributed by atoms with van der Waals surface area (Å²) in [5.41, 5.74) is 0.906. The molecule has 164 valence electrons. The van der Waals surface area contributed by atoms with Gasteiger partial charge in [-0.2, -0.15) is 0 Å². The van der Waals surface area contributed by atoms with Crippen molar-refractivity contribution < 1.29 is 1.43 Å². The Kier molecular flexibility index (Phi) is 13.0. The third-order valence-corrected chi connectivity index (χ3v) is 7.82. The van der Waals surface area contributed by atoms with Crippen molar-refractivity contribution in [2.45, 2.75) is 144 Å². The van der Waals surface area contributed by atoms with Gasteiger partial charge in [0.15, 0.2) is 0 Å². The Labute approximate surface area is 175 Å². The molecule has 27 heavy (non-hydrogen) atoms. The van der Waals surface area contributed by atoms with E-state index < -0.39 is 0 Å². The standard InChI is InChI=1S/C11H18.C10H20.2C3H8.H2/c1-2-6-11(5-1)8-9-3-4-10(11)7-9;1-3-9-5-7-10(4-2)8-6-9;2*1-3-2;/h9-10H,1-8H2;9-10H,3-8H2,1-2H3;2*3H2,1-2H3;1H. The van der Waals surface area contributed by atoms with E-state index in [2.05, 4.69) is 41.5 Å². The van der Waals surface area contributed by atoms with E-state index in [-0.39, 0.29) is 1.43 Å². The van der Waals surface area contributed by atoms with Gasteiger partial charge in [0, 0.05) is 1.43 Å². The molecular formula is C27H56. The summed E-state index contributed by atoms with van der Waals surface area (Å²) in [6, 6.07) is 0. The SMILES string of the molecule is C1CCC2(C1)CC1CCC2C1.CCC.CCC.CCC1CCC(CC)CC1.[HH]. The van der Waals surface area contributed by atoms with Gasteiger partial charge in [-0.15, -0.1) is 0 Å². The van der Waals surface area contributed by atoms with Crippen LogP contribution in [-0.2, 0) is 0 Å². The largest absolute Gasteiger partial charge is 0.0656 e. The number of rotatable bonds is 2. The second kappa shape index (κ2) is 14.1. The molecule has 1 spiro atoms. The van der Waals surface area contributed by atoms with Gasteiger partial charge in [0.2, 0.25) is 0 Å². The second-order valence-corrected chi connectivity index (χ2v) is 10.3. The third kappa shape index (κ3) is 8.10. The normalized spacial score (nSPS) is 32.7. The van der Waals surface area contributed by atoms with Gasteiger partial charge in [-0.3, -0.25) is 0 Å². The minimum Gasteiger partial charge on any atom is -0.0656 e. The molecule has 4 aliphatic rings. The Bertz CT molecular complexity index is 322. The van der Waals surface area contributed by atoms with Gasteiger partial charge < -0.3 is 0 Å². The van der Waals surface area contributed by atoms with Gasteiger partial charge in [0.25, 0.3) is 0 Å². The molecule has 0 heterocycles. The van der Waals surface area contributed by atoms with Crippen molar-refractivity contribution in [3.8, 4) is 0 Å². The van der Waals surface area contributed by atoms with Crippen LogP contribution in [0.5, 0.6) is 0 Å². The zero-order valence-corrected chi connectivity index (χ0v) is 20.1. The monoisotopic (exact) mass is 380 g/mol. The molecular weight excluding hydrogens is 324 g/mol. The first-order chi connectivity index (χ1) is 13.1. The Balaban J connectivity index is 0.000000400. The van der Waals surface area contributed by atoms with Crippen molar-refractivity contribution >= 4 is 0 Å². The average Bonchev–Trinajstić information content (AvgIpc) is 3.42. The fourth-order valence-electron chi connectivity index (χ4n) is 6.30. The molecule has 2 atom stereocenters. The van der Waals surface area contributed by atoms with E-state index in [1.54, 1.807) is 51.4 Å². The highest BCUT2D eigenvalue weighted by atomic mass is 14.6. The fourth-order valence-corrected chi connectivity index (χ4v) is 6.30. The molecule has 0 nitrogen and oxygen atoms in total. The van der Waals surface area contributed by atoms with Gasteiger partial charge in [-0.25, -0.2) is 0 Å². The van der Waals surface area contributed by atoms with Crippen LogP contribution in [0, 0.1) is 29.1 Å². The predicted molar refractivity (Wildman–Crippen MR) is 126 cm³/mol. The van der Waals surface area contributed by atoms with Gasteiger partial charge in [0.1, 0.15) is 0 Å². The molecule has 2 bridgehead atoms. The second-order valence-electron chi connectivity index (χ2n) is 10.3. The zero-order chi connectivity index (χ0) is 20.1. The molecule has 0 saturated heterocycles. The highest BCUT2D eigenvalue weighted by Gasteiger charge is 2.51. The molecule has 0 N–H and O–H groups in total. The van der Waals surface area contributed by atoms with Crippen LogP contribution in [0.15, 0.2) is 0 Å². The van der Waals surface area contributed by atoms with Crippen LogP contribution >= 0.6 is 0 Å². The fraction of sp³-hybridized carbons (Fsp3) is 1.00. The minimum absolute atomic E-state index is 0. The van der Waals surface area contributed by atoms with E-state index in [9.17, 15) is 0 Å². The third-order valence-electron chi connectivity index (χ3n) is 7.82. The molecule has 0 aromatic heterocycles. The summed E-state index contributed by atoms with van der Waals surface area (Å²) in [4.78, 5) is 0. The Morgan fingerprint density at radius 1 is 0.667 bits per heavy atom. The van der Waals surface area contributed by atoms with Crippen molar-refractivity contribution in [3.05, 3.63) is 0 Å². The summed E-state index contributed by atoms with van der Waals surface area (Å²) < 4.78 is 0. The molecule has 0 radical (unpaired) electrons. The first kappa shape index (κ1) is 25.0. The molecule has 4 aliphatic carbocycles. The van der Waals surface area contributed by atoms with E-state index in [1.165, 1.54) is 57.3 Å². The maximum absolute atomic E-state index is 2.33. The molecule has 2 unspecified atom stereocenters. The van der Waals surface area contributed by atoms with Gasteiger partial charge in [0.05, 0.1) is 0 Å². The first-order valence-electron chi connectivity index (χ1n) is 13.1. The summed E-state index contributed by atoms with van der Waals surface area (Å²) in [6.07, 6.45) is 24.0. The van der Waals surface area contributed by atoms with Gasteiger partial charge in [-0.05, 0) is 61.2 Å². The zero-order valence-electron chi connectivity index (χ0n) is 20.1. The molecule has 4 rings (SSSR count). The summed E-state index contributed by atoms with van der Waals surface area (Å²) in [6.45, 7) is 13.2. The lowest BCUT2D eigenvalue weighted by molar-refractivity contribution is 0.171. The molecule has 0 aromatic rings. The van der Waals surface area contributed by atoms with Crippen LogP contribution in [0.4, 0.5) is 0 Å². The maximum atomic E-state index is 2.33. The number of hydrogen-bond donors (Lipinski definition) is 0. The van der Waals surface area contributed by atoms with Crippen molar-refractivity contribution in [2.75, 3.05) is 0 Å². The molecule has 0 amide bonds. The van der Waals surface area contributed by atoms with E-state index in [1.807, 2.05) is 0 Å². The van der Waals surface area contributed by atoms with Crippen LogP contribution in [0.1, 0.15) is 146 Å². The average molecular weight is 381 g/mol. The lowest BCUT2D eigenvalue weighted by atomic mass is 9.72. The van der Waals surface area contributed by atoms with Crippen LogP contribution in [0.2, 0.25) is 0 Å². The van der Waals surface area contributed by atoms with Crippen LogP contribution in [0.3, 0.4) is 0 Å². The van der Waals surface area contributed by atoms with E-state index in [0.717, 1.165) is 23.2 Å². The Hall–Kier alpha value is 0. The van der Waals surface area contributed by atoms with Crippen molar-refractivity contribution in [1.29, 1.82) is 0 Å². The van der Waals surface area contributed by atoms with Gasteiger partial charge in [-0.1, -0.05) is 112 Å². The van der Waals surface area contributed by atoms with Crippen molar-refractivity contribution in [1.82, 2.24) is 0 Å². The topological polar surface area (TPSA) is 0 Å². The van der Waals surface area contributed by atoms with Crippen LogP contribution in [-0.4, -0.2) is 0 Å². The lowest BCUT2D eigenvalue weighted by Gasteiger charge is -2.33. The predicted octanol–water partition coefficient (Wildman–Crippen LogP) is 10.1. The summed E-state index contributed by atoms with van der Waals surface area (Å²) in [5, 5.41) is 0. The van der Waals surface area contributed by atoms with Gasteiger partial charge >= 0.3 is 0 Å². The van der Waals surface area contributed by atoms with Crippen LogP contribution in [0.25, 0.3) is 0 Å². The molecule has 0 heteroatoms. The molecule has 0 aromatic carbocycles. The highest BCUT2D eigenvalue weighted by molar-refractivity contribution is 5.02. The van der Waals surface area contributed by atoms with E-state index in [4.69, 9.17) is 0 Å². The lowest BCUT2D eigenvalue weighted by Crippen LogP contribution is -2.23. The van der Waals surface area contributed by atoms with E-state index >= 15 is 0 Å².